The fraction of sp³-hybridized carbons (Fsp3) is 0.480. The van der Waals surface area contributed by atoms with E-state index in [1.807, 2.05) is 54.6 Å². The van der Waals surface area contributed by atoms with Crippen LogP contribution in [0.15, 0.2) is 54.6 Å². The normalized spacial score (nSPS) is 18.4. The number of ether oxygens (including phenoxy) is 1. The Kier molecular flexibility index (Phi) is 7.38. The molecule has 2 aromatic rings. The molecular formula is C25H33N3O2. The van der Waals surface area contributed by atoms with Crippen LogP contribution in [0.3, 0.4) is 0 Å². The molecule has 0 saturated carbocycles. The number of hydrogen-bond donors (Lipinski definition) is 1. The lowest BCUT2D eigenvalue weighted by atomic mass is 10.0. The van der Waals surface area contributed by atoms with Crippen molar-refractivity contribution in [2.75, 3.05) is 39.3 Å². The summed E-state index contributed by atoms with van der Waals surface area (Å²) in [5.41, 5.74) is 0.668. The molecule has 160 valence electrons. The lowest BCUT2D eigenvalue weighted by Crippen LogP contribution is -2.44. The van der Waals surface area contributed by atoms with Crippen LogP contribution in [0.5, 0.6) is 11.5 Å². The molecule has 2 heterocycles. The van der Waals surface area contributed by atoms with E-state index in [1.165, 1.54) is 51.9 Å². The van der Waals surface area contributed by atoms with Crippen LogP contribution in [-0.2, 0) is 0 Å². The lowest BCUT2D eigenvalue weighted by Gasteiger charge is -2.36. The quantitative estimate of drug-likeness (QED) is 0.668. The maximum absolute atomic E-state index is 12.4. The minimum atomic E-state index is -0.0194. The van der Waals surface area contributed by atoms with Crippen LogP contribution in [-0.4, -0.2) is 61.0 Å². The summed E-state index contributed by atoms with van der Waals surface area (Å²) in [6, 6.07) is 17.8. The topological polar surface area (TPSA) is 44.8 Å². The highest BCUT2D eigenvalue weighted by atomic mass is 16.5. The van der Waals surface area contributed by atoms with Gasteiger partial charge in [0.15, 0.2) is 0 Å². The standard InChI is InChI=1S/C25H33N3O2/c29-25(21-9-11-24(12-10-21)30-23-7-2-1-3-8-23)26-15-6-16-27-19-13-22(14-20-27)28-17-4-5-18-28/h1-3,7-12,22H,4-6,13-20H2,(H,26,29). The fourth-order valence-electron chi connectivity index (χ4n) is 4.52. The second-order valence-electron chi connectivity index (χ2n) is 8.36. The SMILES string of the molecule is O=C(NCCCN1CCC(N2CCCC2)CC1)c1ccc(Oc2ccccc2)cc1. The highest BCUT2D eigenvalue weighted by Crippen LogP contribution is 2.22. The van der Waals surface area contributed by atoms with Crippen molar-refractivity contribution in [2.24, 2.45) is 0 Å². The monoisotopic (exact) mass is 407 g/mol. The molecule has 2 aliphatic heterocycles. The Morgan fingerprint density at radius 1 is 0.900 bits per heavy atom. The van der Waals surface area contributed by atoms with Gasteiger partial charge in [0.2, 0.25) is 0 Å². The molecule has 2 aromatic carbocycles. The van der Waals surface area contributed by atoms with Gasteiger partial charge in [0, 0.05) is 18.2 Å². The first-order valence-electron chi connectivity index (χ1n) is 11.4. The molecule has 0 radical (unpaired) electrons. The molecule has 0 atom stereocenters. The van der Waals surface area contributed by atoms with Crippen LogP contribution < -0.4 is 10.1 Å². The molecule has 0 bridgehead atoms. The highest BCUT2D eigenvalue weighted by Gasteiger charge is 2.25. The van der Waals surface area contributed by atoms with E-state index >= 15 is 0 Å². The van der Waals surface area contributed by atoms with Crippen LogP contribution in [0, 0.1) is 0 Å². The van der Waals surface area contributed by atoms with Crippen molar-refractivity contribution < 1.29 is 9.53 Å². The maximum atomic E-state index is 12.4. The van der Waals surface area contributed by atoms with Gasteiger partial charge in [-0.25, -0.2) is 0 Å². The van der Waals surface area contributed by atoms with E-state index < -0.39 is 0 Å². The van der Waals surface area contributed by atoms with E-state index in [0.717, 1.165) is 30.5 Å². The summed E-state index contributed by atoms with van der Waals surface area (Å²) in [7, 11) is 0. The Hall–Kier alpha value is -2.37. The maximum Gasteiger partial charge on any atom is 0.251 e. The van der Waals surface area contributed by atoms with Crippen molar-refractivity contribution in [3.05, 3.63) is 60.2 Å². The summed E-state index contributed by atoms with van der Waals surface area (Å²) in [5.74, 6) is 1.50. The Balaban J connectivity index is 1.13. The number of para-hydroxylation sites is 1. The van der Waals surface area contributed by atoms with Gasteiger partial charge in [0.1, 0.15) is 11.5 Å². The predicted molar refractivity (Wildman–Crippen MR) is 120 cm³/mol. The Morgan fingerprint density at radius 3 is 2.27 bits per heavy atom. The number of rotatable bonds is 8. The third-order valence-corrected chi connectivity index (χ3v) is 6.25. The molecule has 0 spiro atoms. The minimum absolute atomic E-state index is 0.0194. The number of likely N-dealkylation sites (tertiary alicyclic amines) is 2. The first-order valence-corrected chi connectivity index (χ1v) is 11.4. The van der Waals surface area contributed by atoms with Crippen molar-refractivity contribution in [2.45, 2.75) is 38.1 Å². The fourth-order valence-corrected chi connectivity index (χ4v) is 4.52. The summed E-state index contributed by atoms with van der Waals surface area (Å²) in [6.45, 7) is 6.77. The zero-order chi connectivity index (χ0) is 20.6. The van der Waals surface area contributed by atoms with E-state index in [1.54, 1.807) is 0 Å². The molecule has 0 unspecified atom stereocenters. The van der Waals surface area contributed by atoms with Gasteiger partial charge in [-0.2, -0.15) is 0 Å². The van der Waals surface area contributed by atoms with Gasteiger partial charge in [-0.15, -0.1) is 0 Å². The summed E-state index contributed by atoms with van der Waals surface area (Å²) in [6.07, 6.45) is 6.34. The average molecular weight is 408 g/mol. The Bertz CT molecular complexity index is 780. The van der Waals surface area contributed by atoms with Crippen LogP contribution in [0.4, 0.5) is 0 Å². The number of piperidine rings is 1. The van der Waals surface area contributed by atoms with Crippen molar-refractivity contribution in [1.82, 2.24) is 15.1 Å². The molecule has 0 aromatic heterocycles. The number of nitrogens with one attached hydrogen (secondary N) is 1. The van der Waals surface area contributed by atoms with Crippen LogP contribution >= 0.6 is 0 Å². The molecule has 4 rings (SSSR count). The van der Waals surface area contributed by atoms with Crippen LogP contribution in [0.1, 0.15) is 42.5 Å². The largest absolute Gasteiger partial charge is 0.457 e. The van der Waals surface area contributed by atoms with Gasteiger partial charge < -0.3 is 19.9 Å². The first kappa shape index (κ1) is 20.9. The van der Waals surface area contributed by atoms with Gasteiger partial charge in [0.05, 0.1) is 0 Å². The van der Waals surface area contributed by atoms with Crippen molar-refractivity contribution >= 4 is 5.91 Å². The lowest BCUT2D eigenvalue weighted by molar-refractivity contribution is 0.0948. The molecule has 30 heavy (non-hydrogen) atoms. The highest BCUT2D eigenvalue weighted by molar-refractivity contribution is 5.94. The number of carbonyl (C=O) groups excluding carboxylic acids is 1. The number of carbonyl (C=O) groups is 1. The van der Waals surface area contributed by atoms with E-state index in [4.69, 9.17) is 4.74 Å². The summed E-state index contributed by atoms with van der Waals surface area (Å²) in [5, 5.41) is 3.05. The first-order chi connectivity index (χ1) is 14.8. The van der Waals surface area contributed by atoms with E-state index in [9.17, 15) is 4.79 Å². The molecule has 5 nitrogen and oxygen atoms in total. The smallest absolute Gasteiger partial charge is 0.251 e. The third kappa shape index (κ3) is 5.83. The van der Waals surface area contributed by atoms with Crippen molar-refractivity contribution in [3.63, 3.8) is 0 Å². The summed E-state index contributed by atoms with van der Waals surface area (Å²) >= 11 is 0. The molecule has 2 fully saturated rings. The van der Waals surface area contributed by atoms with Crippen LogP contribution in [0.2, 0.25) is 0 Å². The molecule has 1 amide bonds. The second kappa shape index (κ2) is 10.6. The zero-order valence-electron chi connectivity index (χ0n) is 17.8. The van der Waals surface area contributed by atoms with Gasteiger partial charge in [-0.05, 0) is 101 Å². The Morgan fingerprint density at radius 2 is 1.57 bits per heavy atom. The molecule has 2 saturated heterocycles. The summed E-state index contributed by atoms with van der Waals surface area (Å²) < 4.78 is 5.78. The Labute approximate surface area is 180 Å². The molecule has 5 heteroatoms. The second-order valence-corrected chi connectivity index (χ2v) is 8.36. The predicted octanol–water partition coefficient (Wildman–Crippen LogP) is 4.16. The summed E-state index contributed by atoms with van der Waals surface area (Å²) in [4.78, 5) is 17.6. The average Bonchev–Trinajstić information content (AvgIpc) is 3.33. The van der Waals surface area contributed by atoms with Crippen LogP contribution in [0.25, 0.3) is 0 Å². The van der Waals surface area contributed by atoms with Gasteiger partial charge in [-0.1, -0.05) is 18.2 Å². The zero-order valence-corrected chi connectivity index (χ0v) is 17.8. The van der Waals surface area contributed by atoms with E-state index in [2.05, 4.69) is 15.1 Å². The number of nitrogens with zero attached hydrogens (tertiary/aromatic N) is 2. The molecular weight excluding hydrogens is 374 g/mol. The number of amides is 1. The number of hydrogen-bond acceptors (Lipinski definition) is 4. The number of benzene rings is 2. The van der Waals surface area contributed by atoms with Crippen molar-refractivity contribution in [1.29, 1.82) is 0 Å². The van der Waals surface area contributed by atoms with Gasteiger partial charge in [0.25, 0.3) is 5.91 Å². The van der Waals surface area contributed by atoms with Gasteiger partial charge in [-0.3, -0.25) is 4.79 Å². The third-order valence-electron chi connectivity index (χ3n) is 6.25. The molecule has 1 N–H and O–H groups in total. The molecule has 0 aliphatic carbocycles. The van der Waals surface area contributed by atoms with E-state index in [0.29, 0.717) is 12.1 Å². The van der Waals surface area contributed by atoms with Crippen molar-refractivity contribution in [3.8, 4) is 11.5 Å². The van der Waals surface area contributed by atoms with E-state index in [-0.39, 0.29) is 5.91 Å². The van der Waals surface area contributed by atoms with Gasteiger partial charge >= 0.3 is 0 Å². The molecule has 2 aliphatic rings. The minimum Gasteiger partial charge on any atom is -0.457 e.